The zero-order valence-electron chi connectivity index (χ0n) is 5.46. The van der Waals surface area contributed by atoms with Gasteiger partial charge in [-0.3, -0.25) is 0 Å². The predicted molar refractivity (Wildman–Crippen MR) is 34.5 cm³/mol. The normalized spacial score (nSPS) is 14.1. The van der Waals surface area contributed by atoms with E-state index in [1.54, 1.807) is 13.8 Å². The van der Waals surface area contributed by atoms with E-state index in [0.29, 0.717) is 6.61 Å². The Bertz CT molecular complexity index is 126. The summed E-state index contributed by atoms with van der Waals surface area (Å²) in [6.07, 6.45) is -0.406. The van der Waals surface area contributed by atoms with E-state index in [9.17, 15) is 8.42 Å². The van der Waals surface area contributed by atoms with Crippen molar-refractivity contribution >= 4 is 10.9 Å². The lowest BCUT2D eigenvalue weighted by atomic mass is 10.7. The molecule has 9 heavy (non-hydrogen) atoms. The summed E-state index contributed by atoms with van der Waals surface area (Å²) >= 11 is 0. The molecule has 4 nitrogen and oxygen atoms in total. The average molecular weight is 153 g/mol. The quantitative estimate of drug-likeness (QED) is 0.422. The molecule has 0 heterocycles. The standard InChI is InChI=1S/C4H11NO3S/c1-3-8-4(2)5-9(6)7/h4,9H,3H2,1-2H3,(H,5,6,7). The summed E-state index contributed by atoms with van der Waals surface area (Å²) in [5.41, 5.74) is 0. The molecule has 0 saturated heterocycles. The number of hydrogen-bond acceptors (Lipinski definition) is 3. The van der Waals surface area contributed by atoms with Gasteiger partial charge in [-0.15, -0.1) is 0 Å². The van der Waals surface area contributed by atoms with Crippen LogP contribution in [0.1, 0.15) is 13.8 Å². The van der Waals surface area contributed by atoms with E-state index >= 15 is 0 Å². The number of thiol groups is 1. The van der Waals surface area contributed by atoms with E-state index in [4.69, 9.17) is 4.74 Å². The first-order chi connectivity index (χ1) is 4.16. The fourth-order valence-corrected chi connectivity index (χ4v) is 0.807. The van der Waals surface area contributed by atoms with E-state index in [-0.39, 0.29) is 0 Å². The summed E-state index contributed by atoms with van der Waals surface area (Å²) < 4.78 is 26.9. The van der Waals surface area contributed by atoms with Gasteiger partial charge < -0.3 is 4.74 Å². The number of rotatable bonds is 4. The Morgan fingerprint density at radius 1 is 1.67 bits per heavy atom. The van der Waals surface area contributed by atoms with Crippen molar-refractivity contribution < 1.29 is 13.2 Å². The highest BCUT2D eigenvalue weighted by molar-refractivity contribution is 7.70. The maximum Gasteiger partial charge on any atom is 0.203 e. The first-order valence-electron chi connectivity index (χ1n) is 2.69. The molecule has 0 aromatic rings. The Morgan fingerprint density at radius 3 is 2.56 bits per heavy atom. The molecule has 0 rings (SSSR count). The van der Waals surface area contributed by atoms with Gasteiger partial charge in [0, 0.05) is 6.61 Å². The summed E-state index contributed by atoms with van der Waals surface area (Å²) in [7, 11) is -2.53. The van der Waals surface area contributed by atoms with E-state index in [1.165, 1.54) is 0 Å². The van der Waals surface area contributed by atoms with Gasteiger partial charge in [0.15, 0.2) is 0 Å². The van der Waals surface area contributed by atoms with Crippen LogP contribution in [0, 0.1) is 0 Å². The SMILES string of the molecule is CCOC(C)N[SH](=O)=O. The molecule has 56 valence electrons. The van der Waals surface area contributed by atoms with Gasteiger partial charge >= 0.3 is 0 Å². The van der Waals surface area contributed by atoms with Gasteiger partial charge in [-0.05, 0) is 13.8 Å². The third kappa shape index (κ3) is 5.75. The number of nitrogens with one attached hydrogen (secondary N) is 1. The van der Waals surface area contributed by atoms with Crippen LogP contribution in [0.4, 0.5) is 0 Å². The van der Waals surface area contributed by atoms with Crippen molar-refractivity contribution in [1.82, 2.24) is 4.72 Å². The van der Waals surface area contributed by atoms with Crippen molar-refractivity contribution in [1.29, 1.82) is 0 Å². The lowest BCUT2D eigenvalue weighted by Gasteiger charge is -2.06. The Balaban J connectivity index is 3.37. The highest BCUT2D eigenvalue weighted by Gasteiger charge is 1.97. The monoisotopic (exact) mass is 153 g/mol. The van der Waals surface area contributed by atoms with Crippen LogP contribution in [-0.4, -0.2) is 21.3 Å². The first kappa shape index (κ1) is 8.87. The molecular weight excluding hydrogens is 142 g/mol. The molecule has 0 fully saturated rings. The molecule has 0 aromatic carbocycles. The van der Waals surface area contributed by atoms with Gasteiger partial charge in [-0.25, -0.2) is 8.42 Å². The minimum absolute atomic E-state index is 0.406. The van der Waals surface area contributed by atoms with Crippen LogP contribution in [0.15, 0.2) is 0 Å². The second-order valence-electron chi connectivity index (χ2n) is 1.48. The van der Waals surface area contributed by atoms with Crippen molar-refractivity contribution in [2.45, 2.75) is 20.1 Å². The zero-order valence-corrected chi connectivity index (χ0v) is 6.35. The molecule has 0 aliphatic rings. The Hall–Kier alpha value is -0.130. The highest BCUT2D eigenvalue weighted by Crippen LogP contribution is 1.81. The molecule has 1 atom stereocenters. The van der Waals surface area contributed by atoms with Crippen LogP contribution < -0.4 is 4.72 Å². The lowest BCUT2D eigenvalue weighted by Crippen LogP contribution is -2.26. The number of ether oxygens (including phenoxy) is 1. The molecule has 0 aliphatic carbocycles. The van der Waals surface area contributed by atoms with Crippen LogP contribution in [0.25, 0.3) is 0 Å². The van der Waals surface area contributed by atoms with E-state index in [0.717, 1.165) is 0 Å². The maximum absolute atomic E-state index is 9.93. The molecular formula is C4H11NO3S. The summed E-state index contributed by atoms with van der Waals surface area (Å²) in [6, 6.07) is 0. The van der Waals surface area contributed by atoms with Crippen molar-refractivity contribution in [3.63, 3.8) is 0 Å². The van der Waals surface area contributed by atoms with E-state index in [2.05, 4.69) is 4.72 Å². The molecule has 5 heteroatoms. The molecule has 0 radical (unpaired) electrons. The third-order valence-corrected chi connectivity index (χ3v) is 1.28. The van der Waals surface area contributed by atoms with Crippen LogP contribution >= 0.6 is 0 Å². The second-order valence-corrected chi connectivity index (χ2v) is 2.26. The van der Waals surface area contributed by atoms with E-state index in [1.807, 2.05) is 0 Å². The summed E-state index contributed by atoms with van der Waals surface area (Å²) in [4.78, 5) is 0. The minimum Gasteiger partial charge on any atom is -0.363 e. The Labute approximate surface area is 56.3 Å². The van der Waals surface area contributed by atoms with Crippen LogP contribution in [0.3, 0.4) is 0 Å². The smallest absolute Gasteiger partial charge is 0.203 e. The molecule has 1 N–H and O–H groups in total. The molecule has 0 aromatic heterocycles. The average Bonchev–Trinajstić information content (AvgIpc) is 1.63. The number of hydrogen-bond donors (Lipinski definition) is 2. The van der Waals surface area contributed by atoms with Crippen LogP contribution in [-0.2, 0) is 15.6 Å². The summed E-state index contributed by atoms with van der Waals surface area (Å²) in [6.45, 7) is 3.95. The van der Waals surface area contributed by atoms with Gasteiger partial charge in [0.2, 0.25) is 10.9 Å². The fraction of sp³-hybridized carbons (Fsp3) is 1.00. The van der Waals surface area contributed by atoms with Gasteiger partial charge in [0.05, 0.1) is 0 Å². The topological polar surface area (TPSA) is 55.4 Å². The molecule has 0 saturated carbocycles. The Kier molecular flexibility index (Phi) is 4.65. The molecule has 0 bridgehead atoms. The van der Waals surface area contributed by atoms with E-state index < -0.39 is 17.1 Å². The van der Waals surface area contributed by atoms with Crippen molar-refractivity contribution in [3.05, 3.63) is 0 Å². The maximum atomic E-state index is 9.93. The highest BCUT2D eigenvalue weighted by atomic mass is 32.2. The van der Waals surface area contributed by atoms with Gasteiger partial charge in [0.25, 0.3) is 0 Å². The predicted octanol–water partition coefficient (Wildman–Crippen LogP) is -0.515. The summed E-state index contributed by atoms with van der Waals surface area (Å²) in [5, 5.41) is 0. The molecule has 0 spiro atoms. The van der Waals surface area contributed by atoms with Crippen molar-refractivity contribution in [3.8, 4) is 0 Å². The third-order valence-electron chi connectivity index (χ3n) is 0.704. The minimum atomic E-state index is -2.53. The second kappa shape index (κ2) is 4.72. The summed E-state index contributed by atoms with van der Waals surface area (Å²) in [5.74, 6) is 0. The lowest BCUT2D eigenvalue weighted by molar-refractivity contribution is 0.0697. The first-order valence-corrected chi connectivity index (χ1v) is 3.86. The zero-order chi connectivity index (χ0) is 7.28. The van der Waals surface area contributed by atoms with Gasteiger partial charge in [0.1, 0.15) is 6.23 Å². The van der Waals surface area contributed by atoms with Crippen molar-refractivity contribution in [2.24, 2.45) is 0 Å². The van der Waals surface area contributed by atoms with Gasteiger partial charge in [-0.2, -0.15) is 4.72 Å². The fourth-order valence-electron chi connectivity index (χ4n) is 0.436. The largest absolute Gasteiger partial charge is 0.363 e. The van der Waals surface area contributed by atoms with Gasteiger partial charge in [-0.1, -0.05) is 0 Å². The molecule has 0 amide bonds. The van der Waals surface area contributed by atoms with Crippen molar-refractivity contribution in [2.75, 3.05) is 6.61 Å². The Morgan fingerprint density at radius 2 is 2.22 bits per heavy atom. The molecule has 0 aliphatic heterocycles. The molecule has 1 unspecified atom stereocenters. The van der Waals surface area contributed by atoms with Crippen LogP contribution in [0.5, 0.6) is 0 Å². The van der Waals surface area contributed by atoms with Crippen LogP contribution in [0.2, 0.25) is 0 Å².